The summed E-state index contributed by atoms with van der Waals surface area (Å²) in [5.74, 6) is -1.92. The van der Waals surface area contributed by atoms with Crippen molar-refractivity contribution in [1.82, 2.24) is 4.40 Å². The third kappa shape index (κ3) is 2.21. The Hall–Kier alpha value is -2.17. The molecule has 1 unspecified atom stereocenters. The first-order valence-corrected chi connectivity index (χ1v) is 7.59. The zero-order valence-corrected chi connectivity index (χ0v) is 12.4. The van der Waals surface area contributed by atoms with Gasteiger partial charge in [-0.05, 0) is 36.1 Å². The van der Waals surface area contributed by atoms with Crippen molar-refractivity contribution >= 4 is 17.3 Å². The second-order valence-corrected chi connectivity index (χ2v) is 5.80. The Morgan fingerprint density at radius 2 is 2.18 bits per heavy atom. The van der Waals surface area contributed by atoms with Gasteiger partial charge in [0.15, 0.2) is 5.95 Å². The SMILES string of the molecule is CCCC(C(=O)O)c1c2c(n3c(F)cccc13)CC(=O)CC2. The number of carboxylic acids is 1. The number of ketones is 1. The number of carbonyl (C=O) groups excluding carboxylic acids is 1. The molecule has 116 valence electrons. The lowest BCUT2D eigenvalue weighted by molar-refractivity contribution is -0.139. The number of hydrogen-bond donors (Lipinski definition) is 1. The lowest BCUT2D eigenvalue weighted by Gasteiger charge is -2.16. The lowest BCUT2D eigenvalue weighted by atomic mass is 9.86. The average Bonchev–Trinajstić information content (AvgIpc) is 2.79. The quantitative estimate of drug-likeness (QED) is 0.883. The predicted molar refractivity (Wildman–Crippen MR) is 79.7 cm³/mol. The van der Waals surface area contributed by atoms with Gasteiger partial charge in [-0.1, -0.05) is 19.4 Å². The number of aromatic nitrogens is 1. The maximum Gasteiger partial charge on any atom is 0.311 e. The minimum Gasteiger partial charge on any atom is -0.481 e. The van der Waals surface area contributed by atoms with Gasteiger partial charge in [0.1, 0.15) is 5.78 Å². The third-order valence-electron chi connectivity index (χ3n) is 4.40. The van der Waals surface area contributed by atoms with Crippen LogP contribution in [0.25, 0.3) is 5.52 Å². The first kappa shape index (κ1) is 14.8. The number of aliphatic carboxylic acids is 1. The van der Waals surface area contributed by atoms with Gasteiger partial charge in [0.25, 0.3) is 0 Å². The van der Waals surface area contributed by atoms with E-state index in [2.05, 4.69) is 0 Å². The zero-order valence-electron chi connectivity index (χ0n) is 12.4. The zero-order chi connectivity index (χ0) is 15.9. The second-order valence-electron chi connectivity index (χ2n) is 5.80. The first-order valence-electron chi connectivity index (χ1n) is 7.59. The monoisotopic (exact) mass is 303 g/mol. The molecule has 0 radical (unpaired) electrons. The van der Waals surface area contributed by atoms with Crippen LogP contribution in [0.15, 0.2) is 18.2 Å². The smallest absolute Gasteiger partial charge is 0.311 e. The van der Waals surface area contributed by atoms with Crippen LogP contribution < -0.4 is 0 Å². The molecule has 0 bridgehead atoms. The number of rotatable bonds is 4. The van der Waals surface area contributed by atoms with Crippen molar-refractivity contribution in [3.8, 4) is 0 Å². The molecule has 2 heterocycles. The van der Waals surface area contributed by atoms with E-state index in [-0.39, 0.29) is 12.2 Å². The summed E-state index contributed by atoms with van der Waals surface area (Å²) in [5.41, 5.74) is 2.75. The van der Waals surface area contributed by atoms with E-state index in [1.54, 1.807) is 12.1 Å². The van der Waals surface area contributed by atoms with E-state index in [1.165, 1.54) is 10.5 Å². The van der Waals surface area contributed by atoms with Gasteiger partial charge in [-0.15, -0.1) is 0 Å². The normalized spacial score (nSPS) is 15.8. The number of carbonyl (C=O) groups is 2. The minimum atomic E-state index is -0.890. The number of hydrogen-bond acceptors (Lipinski definition) is 2. The van der Waals surface area contributed by atoms with Crippen LogP contribution >= 0.6 is 0 Å². The molecule has 5 heteroatoms. The fourth-order valence-corrected chi connectivity index (χ4v) is 3.49. The van der Waals surface area contributed by atoms with Gasteiger partial charge in [-0.2, -0.15) is 4.39 Å². The molecule has 1 aliphatic carbocycles. The third-order valence-corrected chi connectivity index (χ3v) is 4.40. The van der Waals surface area contributed by atoms with E-state index < -0.39 is 17.8 Å². The Labute approximate surface area is 127 Å². The molecule has 0 aliphatic heterocycles. The van der Waals surface area contributed by atoms with Crippen molar-refractivity contribution in [3.05, 3.63) is 41.0 Å². The Balaban J connectivity index is 2.32. The van der Waals surface area contributed by atoms with Crippen LogP contribution in [-0.2, 0) is 22.4 Å². The molecule has 1 N–H and O–H groups in total. The maximum atomic E-state index is 14.3. The number of halogens is 1. The summed E-state index contributed by atoms with van der Waals surface area (Å²) in [7, 11) is 0. The van der Waals surface area contributed by atoms with E-state index in [0.717, 1.165) is 12.0 Å². The average molecular weight is 303 g/mol. The fraction of sp³-hybridized carbons (Fsp3) is 0.412. The molecule has 1 atom stereocenters. The van der Waals surface area contributed by atoms with E-state index in [0.29, 0.717) is 36.0 Å². The highest BCUT2D eigenvalue weighted by Crippen LogP contribution is 2.37. The standard InChI is InChI=1S/C17H18FNO3/c1-2-4-12(17(21)22)16-11-8-7-10(20)9-14(11)19-13(16)5-3-6-15(19)18/h3,5-6,12H,2,4,7-9H2,1H3,(H,21,22). The van der Waals surface area contributed by atoms with E-state index in [4.69, 9.17) is 0 Å². The molecule has 0 spiro atoms. The van der Waals surface area contributed by atoms with Gasteiger partial charge in [0.05, 0.1) is 11.4 Å². The van der Waals surface area contributed by atoms with Crippen LogP contribution in [-0.4, -0.2) is 21.3 Å². The molecule has 3 rings (SSSR count). The second kappa shape index (κ2) is 5.55. The van der Waals surface area contributed by atoms with Gasteiger partial charge < -0.3 is 5.11 Å². The molecule has 2 aromatic rings. The van der Waals surface area contributed by atoms with E-state index >= 15 is 0 Å². The number of Topliss-reactive ketones (excluding diaryl/α,β-unsaturated/α-hetero) is 1. The Morgan fingerprint density at radius 1 is 1.41 bits per heavy atom. The van der Waals surface area contributed by atoms with Crippen molar-refractivity contribution in [3.63, 3.8) is 0 Å². The van der Waals surface area contributed by atoms with Crippen molar-refractivity contribution < 1.29 is 19.1 Å². The van der Waals surface area contributed by atoms with Crippen LogP contribution in [0, 0.1) is 5.95 Å². The fourth-order valence-electron chi connectivity index (χ4n) is 3.49. The summed E-state index contributed by atoms with van der Waals surface area (Å²) in [6.07, 6.45) is 2.31. The molecule has 22 heavy (non-hydrogen) atoms. The highest BCUT2D eigenvalue weighted by Gasteiger charge is 2.32. The molecule has 2 aromatic heterocycles. The summed E-state index contributed by atoms with van der Waals surface area (Å²) in [6.45, 7) is 1.94. The van der Waals surface area contributed by atoms with Crippen LogP contribution in [0.5, 0.6) is 0 Å². The molecule has 0 fully saturated rings. The van der Waals surface area contributed by atoms with E-state index in [9.17, 15) is 19.1 Å². The summed E-state index contributed by atoms with van der Waals surface area (Å²) in [5, 5.41) is 9.59. The van der Waals surface area contributed by atoms with Crippen LogP contribution in [0.1, 0.15) is 48.9 Å². The Kier molecular flexibility index (Phi) is 3.72. The van der Waals surface area contributed by atoms with Gasteiger partial charge in [-0.25, -0.2) is 0 Å². The Morgan fingerprint density at radius 3 is 2.86 bits per heavy atom. The van der Waals surface area contributed by atoms with Crippen molar-refractivity contribution in [2.45, 2.75) is 44.9 Å². The maximum absolute atomic E-state index is 14.3. The summed E-state index contributed by atoms with van der Waals surface area (Å²) < 4.78 is 15.7. The van der Waals surface area contributed by atoms with Crippen molar-refractivity contribution in [1.29, 1.82) is 0 Å². The molecule has 0 saturated heterocycles. The molecule has 0 saturated carbocycles. The molecule has 1 aliphatic rings. The van der Waals surface area contributed by atoms with Gasteiger partial charge >= 0.3 is 5.97 Å². The molecule has 0 amide bonds. The molecule has 4 nitrogen and oxygen atoms in total. The topological polar surface area (TPSA) is 58.8 Å². The summed E-state index contributed by atoms with van der Waals surface area (Å²) in [4.78, 5) is 23.5. The van der Waals surface area contributed by atoms with Gasteiger partial charge in [0, 0.05) is 18.5 Å². The van der Waals surface area contributed by atoms with Crippen molar-refractivity contribution in [2.75, 3.05) is 0 Å². The Bertz CT molecular complexity index is 763. The predicted octanol–water partition coefficient (Wildman–Crippen LogP) is 3.10. The van der Waals surface area contributed by atoms with Gasteiger partial charge in [0.2, 0.25) is 0 Å². The largest absolute Gasteiger partial charge is 0.481 e. The van der Waals surface area contributed by atoms with Gasteiger partial charge in [-0.3, -0.25) is 14.0 Å². The molecular weight excluding hydrogens is 285 g/mol. The lowest BCUT2D eigenvalue weighted by Crippen LogP contribution is -2.17. The molecule has 0 aromatic carbocycles. The number of nitrogens with zero attached hydrogens (tertiary/aromatic N) is 1. The summed E-state index contributed by atoms with van der Waals surface area (Å²) in [6, 6.07) is 4.67. The highest BCUT2D eigenvalue weighted by molar-refractivity contribution is 5.87. The van der Waals surface area contributed by atoms with Crippen LogP contribution in [0.4, 0.5) is 4.39 Å². The number of pyridine rings is 1. The van der Waals surface area contributed by atoms with Crippen LogP contribution in [0.3, 0.4) is 0 Å². The number of fused-ring (bicyclic) bond motifs is 3. The number of carboxylic acid groups (broad SMARTS) is 1. The molecular formula is C17H18FNO3. The summed E-state index contributed by atoms with van der Waals surface area (Å²) >= 11 is 0. The van der Waals surface area contributed by atoms with Crippen molar-refractivity contribution in [2.24, 2.45) is 0 Å². The first-order chi connectivity index (χ1) is 10.5. The minimum absolute atomic E-state index is 0.0732. The highest BCUT2D eigenvalue weighted by atomic mass is 19.1. The van der Waals surface area contributed by atoms with Crippen LogP contribution in [0.2, 0.25) is 0 Å². The van der Waals surface area contributed by atoms with E-state index in [1.807, 2.05) is 6.92 Å².